The maximum atomic E-state index is 11.6. The van der Waals surface area contributed by atoms with Crippen LogP contribution in [0.3, 0.4) is 0 Å². The third-order valence-electron chi connectivity index (χ3n) is 2.10. The fourth-order valence-electron chi connectivity index (χ4n) is 1.21. The fourth-order valence-corrected chi connectivity index (χ4v) is 2.62. The van der Waals surface area contributed by atoms with Gasteiger partial charge in [-0.2, -0.15) is 8.42 Å². The summed E-state index contributed by atoms with van der Waals surface area (Å²) in [6.07, 6.45) is 1.09. The van der Waals surface area contributed by atoms with Crippen molar-refractivity contribution in [3.05, 3.63) is 33.3 Å². The topological polar surface area (TPSA) is 86.5 Å². The van der Waals surface area contributed by atoms with Crippen molar-refractivity contribution < 1.29 is 17.5 Å². The first-order chi connectivity index (χ1) is 8.37. The van der Waals surface area contributed by atoms with Crippen molar-refractivity contribution in [3.63, 3.8) is 0 Å². The van der Waals surface area contributed by atoms with Crippen LogP contribution in [0.15, 0.2) is 18.2 Å². The molecule has 0 spiro atoms. The molecule has 0 heterocycles. The van der Waals surface area contributed by atoms with Crippen LogP contribution in [0.25, 0.3) is 0 Å². The molecule has 0 N–H and O–H groups in total. The molecule has 0 aliphatic carbocycles. The zero-order valence-corrected chi connectivity index (χ0v) is 11.2. The molecular formula is C10H12ClNO5S. The molecule has 0 aromatic heterocycles. The second-order valence-electron chi connectivity index (χ2n) is 3.54. The van der Waals surface area contributed by atoms with Crippen LogP contribution >= 0.6 is 11.6 Å². The van der Waals surface area contributed by atoms with E-state index < -0.39 is 26.5 Å². The van der Waals surface area contributed by atoms with Gasteiger partial charge < -0.3 is 4.18 Å². The molecule has 0 radical (unpaired) electrons. The first-order valence-corrected chi connectivity index (χ1v) is 7.18. The highest BCUT2D eigenvalue weighted by Crippen LogP contribution is 2.35. The van der Waals surface area contributed by atoms with Crippen LogP contribution in [0, 0.1) is 10.1 Å². The SMILES string of the molecule is CCCCS(=O)(=O)Oc1c(Cl)cccc1[N+](=O)[O-]. The van der Waals surface area contributed by atoms with Crippen LogP contribution in [0.1, 0.15) is 19.8 Å². The molecule has 0 unspecified atom stereocenters. The highest BCUT2D eigenvalue weighted by atomic mass is 35.5. The zero-order valence-electron chi connectivity index (χ0n) is 9.63. The van der Waals surface area contributed by atoms with Gasteiger partial charge in [-0.15, -0.1) is 0 Å². The monoisotopic (exact) mass is 293 g/mol. The molecule has 8 heteroatoms. The summed E-state index contributed by atoms with van der Waals surface area (Å²) in [4.78, 5) is 10.0. The number of nitro benzene ring substituents is 1. The molecule has 0 aliphatic heterocycles. The van der Waals surface area contributed by atoms with Gasteiger partial charge in [0.15, 0.2) is 0 Å². The second kappa shape index (κ2) is 6.01. The largest absolute Gasteiger partial charge is 0.373 e. The first kappa shape index (κ1) is 14.7. The lowest BCUT2D eigenvalue weighted by Crippen LogP contribution is -2.14. The van der Waals surface area contributed by atoms with Crippen molar-refractivity contribution in [2.45, 2.75) is 19.8 Å². The maximum Gasteiger partial charge on any atom is 0.314 e. The third-order valence-corrected chi connectivity index (χ3v) is 3.61. The molecular weight excluding hydrogens is 282 g/mol. The van der Waals surface area contributed by atoms with E-state index >= 15 is 0 Å². The van der Waals surface area contributed by atoms with E-state index in [1.165, 1.54) is 12.1 Å². The van der Waals surface area contributed by atoms with Crippen molar-refractivity contribution in [1.82, 2.24) is 0 Å². The molecule has 0 saturated carbocycles. The Hall–Kier alpha value is -1.34. The van der Waals surface area contributed by atoms with Crippen molar-refractivity contribution in [3.8, 4) is 5.75 Å². The van der Waals surface area contributed by atoms with Gasteiger partial charge in [0.05, 0.1) is 15.7 Å². The molecule has 0 aliphatic rings. The number of hydrogen-bond donors (Lipinski definition) is 0. The van der Waals surface area contributed by atoms with Crippen LogP contribution in [-0.4, -0.2) is 19.1 Å². The zero-order chi connectivity index (χ0) is 13.8. The van der Waals surface area contributed by atoms with E-state index in [1.807, 2.05) is 6.92 Å². The number of unbranched alkanes of at least 4 members (excludes halogenated alkanes) is 1. The van der Waals surface area contributed by atoms with Gasteiger partial charge in [-0.1, -0.05) is 31.0 Å². The minimum atomic E-state index is -3.86. The number of para-hydroxylation sites is 1. The minimum Gasteiger partial charge on any atom is -0.373 e. The summed E-state index contributed by atoms with van der Waals surface area (Å²) >= 11 is 5.72. The minimum absolute atomic E-state index is 0.107. The fraction of sp³-hybridized carbons (Fsp3) is 0.400. The number of hydrogen-bond acceptors (Lipinski definition) is 5. The summed E-state index contributed by atoms with van der Waals surface area (Å²) in [7, 11) is -3.86. The van der Waals surface area contributed by atoms with Gasteiger partial charge >= 0.3 is 15.8 Å². The van der Waals surface area contributed by atoms with Crippen LogP contribution < -0.4 is 4.18 Å². The van der Waals surface area contributed by atoms with Crippen LogP contribution in [-0.2, 0) is 10.1 Å². The van der Waals surface area contributed by atoms with Crippen molar-refractivity contribution in [2.24, 2.45) is 0 Å². The molecule has 0 bridgehead atoms. The van der Waals surface area contributed by atoms with E-state index in [0.29, 0.717) is 12.8 Å². The molecule has 18 heavy (non-hydrogen) atoms. The average molecular weight is 294 g/mol. The maximum absolute atomic E-state index is 11.6. The van der Waals surface area contributed by atoms with Gasteiger partial charge in [0.2, 0.25) is 5.75 Å². The molecule has 0 amide bonds. The number of halogens is 1. The Kier molecular flexibility index (Phi) is 4.92. The van der Waals surface area contributed by atoms with Crippen LogP contribution in [0.5, 0.6) is 5.75 Å². The summed E-state index contributed by atoms with van der Waals surface area (Å²) in [5.74, 6) is -0.633. The number of rotatable bonds is 6. The van der Waals surface area contributed by atoms with E-state index in [-0.39, 0.29) is 10.8 Å². The predicted molar refractivity (Wildman–Crippen MR) is 67.4 cm³/mol. The Labute approximate surface area is 110 Å². The Morgan fingerprint density at radius 1 is 1.44 bits per heavy atom. The van der Waals surface area contributed by atoms with E-state index in [9.17, 15) is 18.5 Å². The molecule has 1 aromatic carbocycles. The van der Waals surface area contributed by atoms with Gasteiger partial charge in [-0.25, -0.2) is 0 Å². The lowest BCUT2D eigenvalue weighted by Gasteiger charge is -2.08. The van der Waals surface area contributed by atoms with Crippen LogP contribution in [0.2, 0.25) is 5.02 Å². The number of benzene rings is 1. The lowest BCUT2D eigenvalue weighted by atomic mass is 10.3. The normalized spacial score (nSPS) is 11.2. The van der Waals surface area contributed by atoms with E-state index in [1.54, 1.807) is 0 Å². The van der Waals surface area contributed by atoms with E-state index in [4.69, 9.17) is 15.8 Å². The van der Waals surface area contributed by atoms with Crippen molar-refractivity contribution >= 4 is 27.4 Å². The van der Waals surface area contributed by atoms with Gasteiger partial charge in [0.1, 0.15) is 0 Å². The van der Waals surface area contributed by atoms with Gasteiger partial charge in [-0.05, 0) is 12.5 Å². The Morgan fingerprint density at radius 2 is 2.11 bits per heavy atom. The van der Waals surface area contributed by atoms with Crippen molar-refractivity contribution in [1.29, 1.82) is 0 Å². The Balaban J connectivity index is 3.07. The van der Waals surface area contributed by atoms with Crippen molar-refractivity contribution in [2.75, 3.05) is 5.75 Å². The van der Waals surface area contributed by atoms with Crippen LogP contribution in [0.4, 0.5) is 5.69 Å². The third kappa shape index (κ3) is 3.85. The molecule has 100 valence electrons. The lowest BCUT2D eigenvalue weighted by molar-refractivity contribution is -0.385. The molecule has 1 rings (SSSR count). The highest BCUT2D eigenvalue weighted by molar-refractivity contribution is 7.87. The molecule has 1 aromatic rings. The highest BCUT2D eigenvalue weighted by Gasteiger charge is 2.23. The van der Waals surface area contributed by atoms with Gasteiger partial charge in [0.25, 0.3) is 0 Å². The first-order valence-electron chi connectivity index (χ1n) is 5.22. The summed E-state index contributed by atoms with van der Waals surface area (Å²) < 4.78 is 27.9. The molecule has 0 atom stereocenters. The van der Waals surface area contributed by atoms with E-state index in [2.05, 4.69) is 0 Å². The number of nitro groups is 1. The number of nitrogens with zero attached hydrogens (tertiary/aromatic N) is 1. The smallest absolute Gasteiger partial charge is 0.314 e. The Bertz CT molecular complexity index is 543. The molecule has 6 nitrogen and oxygen atoms in total. The molecule has 0 fully saturated rings. The average Bonchev–Trinajstić information content (AvgIpc) is 2.28. The summed E-state index contributed by atoms with van der Waals surface area (Å²) in [5.41, 5.74) is -0.470. The summed E-state index contributed by atoms with van der Waals surface area (Å²) in [5, 5.41) is 10.6. The quantitative estimate of drug-likeness (QED) is 0.457. The molecule has 0 saturated heterocycles. The Morgan fingerprint density at radius 3 is 2.67 bits per heavy atom. The summed E-state index contributed by atoms with van der Waals surface area (Å²) in [6.45, 7) is 1.83. The predicted octanol–water partition coefficient (Wildman–Crippen LogP) is 2.76. The van der Waals surface area contributed by atoms with Gasteiger partial charge in [-0.3, -0.25) is 10.1 Å². The van der Waals surface area contributed by atoms with Gasteiger partial charge in [0, 0.05) is 6.07 Å². The van der Waals surface area contributed by atoms with E-state index in [0.717, 1.165) is 6.07 Å². The standard InChI is InChI=1S/C10H12ClNO5S/c1-2-3-7-18(15,16)17-10-8(11)5-4-6-9(10)12(13)14/h4-6H,2-3,7H2,1H3. The second-order valence-corrected chi connectivity index (χ2v) is 5.64. The summed E-state index contributed by atoms with van der Waals surface area (Å²) in [6, 6.07) is 3.82.